The smallest absolute Gasteiger partial charge is 0.314 e. The molecule has 1 N–H and O–H groups in total. The van der Waals surface area contributed by atoms with E-state index >= 15 is 0 Å². The first-order valence-corrected chi connectivity index (χ1v) is 9.54. The van der Waals surface area contributed by atoms with Crippen LogP contribution in [0.25, 0.3) is 0 Å². The molecule has 2 fully saturated rings. The van der Waals surface area contributed by atoms with Crippen LogP contribution in [0.15, 0.2) is 12.1 Å². The van der Waals surface area contributed by atoms with Crippen molar-refractivity contribution in [3.63, 3.8) is 0 Å². The minimum Gasteiger partial charge on any atom is -0.484 e. The standard InChI is InChI=1S/C20H25NO5/c1-20-9-8-13-12-4-6-17(26-11-10-22)19(21(24)25)15(12)3-2-14(13)16(20)5-7-18(20)23/h4,6,13-14,16,22H,2-3,5,7-11H2,1H3/t13-,14-,16+,20+/m1/s1. The highest BCUT2D eigenvalue weighted by atomic mass is 16.6. The van der Waals surface area contributed by atoms with Crippen LogP contribution in [0.1, 0.15) is 56.1 Å². The zero-order valence-corrected chi connectivity index (χ0v) is 15.1. The molecule has 0 aromatic heterocycles. The van der Waals surface area contributed by atoms with Gasteiger partial charge >= 0.3 is 5.69 Å². The lowest BCUT2D eigenvalue weighted by Crippen LogP contribution is -2.42. The molecule has 3 aliphatic carbocycles. The summed E-state index contributed by atoms with van der Waals surface area (Å²) in [5.41, 5.74) is 1.74. The minimum absolute atomic E-state index is 0.0498. The van der Waals surface area contributed by atoms with Crippen LogP contribution in [0.3, 0.4) is 0 Å². The molecule has 0 heterocycles. The Morgan fingerprint density at radius 1 is 1.31 bits per heavy atom. The molecule has 1 aromatic rings. The van der Waals surface area contributed by atoms with Gasteiger partial charge in [-0.1, -0.05) is 13.0 Å². The maximum absolute atomic E-state index is 12.4. The van der Waals surface area contributed by atoms with Crippen LogP contribution in [0.4, 0.5) is 5.69 Å². The predicted octanol–water partition coefficient (Wildman–Crippen LogP) is 3.39. The van der Waals surface area contributed by atoms with Gasteiger partial charge in [-0.3, -0.25) is 14.9 Å². The van der Waals surface area contributed by atoms with Crippen molar-refractivity contribution in [3.05, 3.63) is 33.4 Å². The van der Waals surface area contributed by atoms with Crippen LogP contribution in [-0.4, -0.2) is 29.0 Å². The molecule has 0 saturated heterocycles. The first-order valence-electron chi connectivity index (χ1n) is 9.54. The number of rotatable bonds is 4. The third kappa shape index (κ3) is 2.46. The maximum atomic E-state index is 12.4. The molecule has 0 amide bonds. The molecule has 4 rings (SSSR count). The monoisotopic (exact) mass is 359 g/mol. The second-order valence-electron chi connectivity index (χ2n) is 8.14. The van der Waals surface area contributed by atoms with Crippen LogP contribution in [0.5, 0.6) is 5.75 Å². The number of hydrogen-bond donors (Lipinski definition) is 1. The number of nitro benzene ring substituents is 1. The Morgan fingerprint density at radius 2 is 2.12 bits per heavy atom. The van der Waals surface area contributed by atoms with Gasteiger partial charge in [0.1, 0.15) is 12.4 Å². The summed E-state index contributed by atoms with van der Waals surface area (Å²) < 4.78 is 5.41. The molecule has 0 spiro atoms. The number of carbonyl (C=O) groups is 1. The van der Waals surface area contributed by atoms with Crippen molar-refractivity contribution in [1.82, 2.24) is 0 Å². The van der Waals surface area contributed by atoms with Gasteiger partial charge in [-0.25, -0.2) is 0 Å². The third-order valence-corrected chi connectivity index (χ3v) is 7.09. The molecule has 0 bridgehead atoms. The van der Waals surface area contributed by atoms with Gasteiger partial charge in [0.05, 0.1) is 11.5 Å². The Balaban J connectivity index is 1.72. The summed E-state index contributed by atoms with van der Waals surface area (Å²) in [6, 6.07) is 3.66. The Labute approximate surface area is 152 Å². The molecule has 26 heavy (non-hydrogen) atoms. The molecule has 0 unspecified atom stereocenters. The zero-order valence-electron chi connectivity index (χ0n) is 15.1. The summed E-state index contributed by atoms with van der Waals surface area (Å²) in [5, 5.41) is 20.7. The number of nitro groups is 1. The molecule has 3 aliphatic rings. The summed E-state index contributed by atoms with van der Waals surface area (Å²) in [6.07, 6.45) is 5.01. The van der Waals surface area contributed by atoms with Crippen LogP contribution >= 0.6 is 0 Å². The Morgan fingerprint density at radius 3 is 2.85 bits per heavy atom. The minimum atomic E-state index is -0.349. The fraction of sp³-hybridized carbons (Fsp3) is 0.650. The second-order valence-corrected chi connectivity index (χ2v) is 8.14. The van der Waals surface area contributed by atoms with E-state index in [0.717, 1.165) is 36.8 Å². The quantitative estimate of drug-likeness (QED) is 0.657. The van der Waals surface area contributed by atoms with Crippen molar-refractivity contribution >= 4 is 11.5 Å². The van der Waals surface area contributed by atoms with E-state index in [-0.39, 0.29) is 35.0 Å². The zero-order chi connectivity index (χ0) is 18.5. The Hall–Kier alpha value is -1.95. The predicted molar refractivity (Wildman–Crippen MR) is 95.3 cm³/mol. The van der Waals surface area contributed by atoms with Gasteiger partial charge in [-0.2, -0.15) is 0 Å². The van der Waals surface area contributed by atoms with Crippen molar-refractivity contribution in [1.29, 1.82) is 0 Å². The summed E-state index contributed by atoms with van der Waals surface area (Å²) >= 11 is 0. The summed E-state index contributed by atoms with van der Waals surface area (Å²) in [7, 11) is 0. The average Bonchev–Trinajstić information content (AvgIpc) is 2.93. The highest BCUT2D eigenvalue weighted by Crippen LogP contribution is 2.60. The first-order chi connectivity index (χ1) is 12.5. The van der Waals surface area contributed by atoms with Crippen LogP contribution < -0.4 is 4.74 Å². The van der Waals surface area contributed by atoms with Crippen molar-refractivity contribution in [2.45, 2.75) is 51.4 Å². The Kier molecular flexibility index (Phi) is 4.26. The van der Waals surface area contributed by atoms with E-state index in [0.29, 0.717) is 36.4 Å². The van der Waals surface area contributed by atoms with E-state index in [4.69, 9.17) is 9.84 Å². The van der Waals surface area contributed by atoms with Crippen LogP contribution in [0, 0.1) is 27.4 Å². The molecule has 2 saturated carbocycles. The second kappa shape index (κ2) is 6.34. The molecule has 6 heteroatoms. The van der Waals surface area contributed by atoms with Crippen LogP contribution in [0.2, 0.25) is 0 Å². The van der Waals surface area contributed by atoms with Gasteiger partial charge in [-0.05, 0) is 61.5 Å². The lowest BCUT2D eigenvalue weighted by atomic mass is 9.55. The number of hydrogen-bond acceptors (Lipinski definition) is 5. The average molecular weight is 359 g/mol. The van der Waals surface area contributed by atoms with Gasteiger partial charge in [0.25, 0.3) is 0 Å². The molecule has 4 atom stereocenters. The van der Waals surface area contributed by atoms with Crippen molar-refractivity contribution in [3.8, 4) is 5.75 Å². The fourth-order valence-electron chi connectivity index (χ4n) is 5.87. The van der Waals surface area contributed by atoms with E-state index in [2.05, 4.69) is 6.92 Å². The van der Waals surface area contributed by atoms with Gasteiger partial charge in [-0.15, -0.1) is 0 Å². The molecule has 0 aliphatic heterocycles. The number of aliphatic hydroxyl groups excluding tert-OH is 1. The highest BCUT2D eigenvalue weighted by Gasteiger charge is 2.55. The third-order valence-electron chi connectivity index (χ3n) is 7.09. The number of ether oxygens (including phenoxy) is 1. The molecule has 140 valence electrons. The van der Waals surface area contributed by atoms with Crippen LogP contribution in [-0.2, 0) is 11.2 Å². The highest BCUT2D eigenvalue weighted by molar-refractivity contribution is 5.87. The molecule has 6 nitrogen and oxygen atoms in total. The first kappa shape index (κ1) is 17.5. The lowest BCUT2D eigenvalue weighted by Gasteiger charge is -2.48. The molecule has 0 radical (unpaired) electrons. The topological polar surface area (TPSA) is 89.7 Å². The van der Waals surface area contributed by atoms with Crippen molar-refractivity contribution in [2.75, 3.05) is 13.2 Å². The Bertz CT molecular complexity index is 761. The largest absolute Gasteiger partial charge is 0.484 e. The van der Waals surface area contributed by atoms with E-state index in [1.165, 1.54) is 0 Å². The maximum Gasteiger partial charge on any atom is 0.314 e. The summed E-state index contributed by atoms with van der Waals surface area (Å²) in [5.74, 6) is 1.81. The number of ketones is 1. The van der Waals surface area contributed by atoms with E-state index in [9.17, 15) is 14.9 Å². The van der Waals surface area contributed by atoms with E-state index < -0.39 is 0 Å². The number of nitrogens with zero attached hydrogens (tertiary/aromatic N) is 1. The molecular formula is C20H25NO5. The number of Topliss-reactive ketones (excluding diaryl/α,β-unsaturated/α-hetero) is 1. The van der Waals surface area contributed by atoms with Crippen molar-refractivity contribution < 1.29 is 19.6 Å². The lowest BCUT2D eigenvalue weighted by molar-refractivity contribution is -0.386. The number of fused-ring (bicyclic) bond motifs is 5. The number of benzene rings is 1. The molecular weight excluding hydrogens is 334 g/mol. The van der Waals surface area contributed by atoms with E-state index in [1.54, 1.807) is 6.07 Å². The van der Waals surface area contributed by atoms with Gasteiger partial charge < -0.3 is 9.84 Å². The molecule has 1 aromatic carbocycles. The number of carbonyl (C=O) groups excluding carboxylic acids is 1. The van der Waals surface area contributed by atoms with Gasteiger partial charge in [0, 0.05) is 17.4 Å². The SMILES string of the molecule is C[C@]12CC[C@@H]3c4ccc(OCCO)c([N+](=O)[O-])c4CC[C@H]3[C@@H]1CCC2=O. The fourth-order valence-corrected chi connectivity index (χ4v) is 5.87. The number of aliphatic hydroxyl groups is 1. The summed E-state index contributed by atoms with van der Waals surface area (Å²) in [4.78, 5) is 23.8. The van der Waals surface area contributed by atoms with Gasteiger partial charge in [0.2, 0.25) is 0 Å². The van der Waals surface area contributed by atoms with Gasteiger partial charge in [0.15, 0.2) is 5.75 Å². The summed E-state index contributed by atoms with van der Waals surface area (Å²) in [6.45, 7) is 2.01. The van der Waals surface area contributed by atoms with E-state index in [1.807, 2.05) is 6.07 Å². The normalized spacial score (nSPS) is 32.5. The van der Waals surface area contributed by atoms with Crippen molar-refractivity contribution in [2.24, 2.45) is 17.3 Å².